The molecule has 0 aromatic carbocycles. The molecule has 9 heavy (non-hydrogen) atoms. The van der Waals surface area contributed by atoms with Gasteiger partial charge in [0.1, 0.15) is 0 Å². The van der Waals surface area contributed by atoms with Crippen molar-refractivity contribution in [2.24, 2.45) is 0 Å². The van der Waals surface area contributed by atoms with E-state index in [2.05, 4.69) is 31.2 Å². The number of hydrogen-bond acceptors (Lipinski definition) is 2. The topological polar surface area (TPSA) is 15.3 Å². The van der Waals surface area contributed by atoms with Crippen molar-refractivity contribution >= 4 is 29.6 Å². The van der Waals surface area contributed by atoms with E-state index in [0.717, 1.165) is 19.6 Å². The Morgan fingerprint density at radius 3 is 1.67 bits per heavy atom. The van der Waals surface area contributed by atoms with Gasteiger partial charge in [-0.3, -0.25) is 5.43 Å². The Kier molecular flexibility index (Phi) is 12.5. The van der Waals surface area contributed by atoms with E-state index in [4.69, 9.17) is 0 Å². The molecule has 0 spiro atoms. The average molecular weight is 139 g/mol. The Hall–Kier alpha value is 0.920. The van der Waals surface area contributed by atoms with Crippen LogP contribution in [0, 0.1) is 0 Å². The maximum absolute atomic E-state index is 3.22. The van der Waals surface area contributed by atoms with Gasteiger partial charge in [0.05, 0.1) is 0 Å². The van der Waals surface area contributed by atoms with Crippen molar-refractivity contribution in [1.29, 1.82) is 0 Å². The predicted molar refractivity (Wildman–Crippen MR) is 42.4 cm³/mol. The Labute approximate surface area is 80.3 Å². The minimum Gasteiger partial charge on any atom is -0.255 e. The zero-order valence-corrected chi connectivity index (χ0v) is 9.07. The molecule has 0 amide bonds. The number of hydrogen-bond donors (Lipinski definition) is 1. The normalized spacial score (nSPS) is 9.33. The van der Waals surface area contributed by atoms with Gasteiger partial charge in [0.2, 0.25) is 0 Å². The van der Waals surface area contributed by atoms with E-state index in [9.17, 15) is 0 Å². The quantitative estimate of drug-likeness (QED) is 0.450. The van der Waals surface area contributed by atoms with Gasteiger partial charge in [0.15, 0.2) is 0 Å². The van der Waals surface area contributed by atoms with Crippen LogP contribution >= 0.6 is 0 Å². The molecule has 0 aliphatic heterocycles. The van der Waals surface area contributed by atoms with Crippen LogP contribution in [-0.4, -0.2) is 54.2 Å². The molecule has 1 radical (unpaired) electrons. The predicted octanol–water partition coefficient (Wildman–Crippen LogP) is 0.472. The van der Waals surface area contributed by atoms with Crippen LogP contribution in [0.5, 0.6) is 0 Å². The van der Waals surface area contributed by atoms with Gasteiger partial charge < -0.3 is 0 Å². The summed E-state index contributed by atoms with van der Waals surface area (Å²) in [5.74, 6) is 0. The zero-order valence-electron chi connectivity index (χ0n) is 7.07. The fourth-order valence-corrected chi connectivity index (χ4v) is 0.671. The summed E-state index contributed by atoms with van der Waals surface area (Å²) in [6.07, 6.45) is 0. The van der Waals surface area contributed by atoms with Crippen molar-refractivity contribution < 1.29 is 0 Å². The molecule has 0 aromatic heterocycles. The monoisotopic (exact) mass is 139 g/mol. The molecule has 0 heterocycles. The molecule has 0 fully saturated rings. The van der Waals surface area contributed by atoms with Gasteiger partial charge in [-0.05, 0) is 0 Å². The Morgan fingerprint density at radius 2 is 1.56 bits per heavy atom. The summed E-state index contributed by atoms with van der Waals surface area (Å²) >= 11 is 0. The van der Waals surface area contributed by atoms with E-state index < -0.39 is 0 Å². The number of rotatable bonds is 4. The molecule has 0 atom stereocenters. The van der Waals surface area contributed by atoms with Crippen molar-refractivity contribution in [2.45, 2.75) is 20.8 Å². The summed E-state index contributed by atoms with van der Waals surface area (Å²) in [6, 6.07) is 0. The number of nitrogens with one attached hydrogen (secondary N) is 1. The van der Waals surface area contributed by atoms with Crippen LogP contribution in [0.2, 0.25) is 0 Å². The van der Waals surface area contributed by atoms with E-state index in [1.54, 1.807) is 0 Å². The van der Waals surface area contributed by atoms with Gasteiger partial charge in [-0.25, -0.2) is 5.01 Å². The molecule has 0 bridgehead atoms. The molecule has 1 N–H and O–H groups in total. The summed E-state index contributed by atoms with van der Waals surface area (Å²) < 4.78 is 0. The van der Waals surface area contributed by atoms with E-state index in [0.29, 0.717) is 0 Å². The smallest absolute Gasteiger partial charge is 0.0102 e. The molecule has 0 aliphatic rings. The molecule has 0 saturated carbocycles. The van der Waals surface area contributed by atoms with E-state index >= 15 is 0 Å². The van der Waals surface area contributed by atoms with Crippen molar-refractivity contribution in [3.8, 4) is 0 Å². The second kappa shape index (κ2) is 8.92. The van der Waals surface area contributed by atoms with Crippen molar-refractivity contribution in [3.05, 3.63) is 0 Å². The molecule has 51 valence electrons. The van der Waals surface area contributed by atoms with Gasteiger partial charge in [0, 0.05) is 49.2 Å². The molecule has 0 aromatic rings. The van der Waals surface area contributed by atoms with Gasteiger partial charge in [-0.1, -0.05) is 20.8 Å². The maximum atomic E-state index is 3.22. The first-order valence-electron chi connectivity index (χ1n) is 3.33. The second-order valence-corrected chi connectivity index (χ2v) is 1.68. The molecule has 0 unspecified atom stereocenters. The van der Waals surface area contributed by atoms with E-state index in [-0.39, 0.29) is 29.6 Å². The van der Waals surface area contributed by atoms with Crippen LogP contribution in [0.15, 0.2) is 0 Å². The summed E-state index contributed by atoms with van der Waals surface area (Å²) in [7, 11) is 0. The summed E-state index contributed by atoms with van der Waals surface area (Å²) in [5.41, 5.74) is 3.22. The van der Waals surface area contributed by atoms with Gasteiger partial charge in [-0.2, -0.15) is 0 Å². The molecule has 3 heteroatoms. The fraction of sp³-hybridized carbons (Fsp3) is 1.00. The average Bonchev–Trinajstić information content (AvgIpc) is 1.83. The fourth-order valence-electron chi connectivity index (χ4n) is 0.671. The zero-order chi connectivity index (χ0) is 6.41. The van der Waals surface area contributed by atoms with Crippen LogP contribution < -0.4 is 5.43 Å². The maximum Gasteiger partial charge on any atom is 0.0102 e. The summed E-state index contributed by atoms with van der Waals surface area (Å²) in [6.45, 7) is 9.60. The summed E-state index contributed by atoms with van der Waals surface area (Å²) in [5, 5.41) is 2.18. The second-order valence-electron chi connectivity index (χ2n) is 1.68. The first-order valence-corrected chi connectivity index (χ1v) is 3.33. The van der Waals surface area contributed by atoms with Gasteiger partial charge >= 0.3 is 0 Å². The van der Waals surface area contributed by atoms with Crippen molar-refractivity contribution in [2.75, 3.05) is 19.6 Å². The first kappa shape index (κ1) is 12.6. The van der Waals surface area contributed by atoms with E-state index in [1.165, 1.54) is 0 Å². The first-order chi connectivity index (χ1) is 3.85. The van der Waals surface area contributed by atoms with Gasteiger partial charge in [0.25, 0.3) is 0 Å². The van der Waals surface area contributed by atoms with Crippen molar-refractivity contribution in [3.63, 3.8) is 0 Å². The Balaban J connectivity index is 0. The Morgan fingerprint density at radius 1 is 1.11 bits per heavy atom. The molecule has 0 saturated heterocycles. The van der Waals surface area contributed by atoms with Crippen LogP contribution in [0.4, 0.5) is 0 Å². The molecule has 0 rings (SSSR count). The SMILES string of the molecule is CCNN(CC)CC.[Na]. The Bertz CT molecular complexity index is 46.3. The standard InChI is InChI=1S/C6H16N2.Na/c1-4-7-8(5-2)6-3;/h7H,4-6H2,1-3H3;. The molecular weight excluding hydrogens is 123 g/mol. The minimum absolute atomic E-state index is 0. The molecular formula is C6H16N2Na. The van der Waals surface area contributed by atoms with E-state index in [1.807, 2.05) is 0 Å². The third-order valence-electron chi connectivity index (χ3n) is 1.15. The molecule has 2 nitrogen and oxygen atoms in total. The van der Waals surface area contributed by atoms with Crippen LogP contribution in [-0.2, 0) is 0 Å². The van der Waals surface area contributed by atoms with Crippen LogP contribution in [0.3, 0.4) is 0 Å². The van der Waals surface area contributed by atoms with Crippen molar-refractivity contribution in [1.82, 2.24) is 10.4 Å². The number of hydrazine groups is 1. The van der Waals surface area contributed by atoms with Crippen LogP contribution in [0.1, 0.15) is 20.8 Å². The number of nitrogens with zero attached hydrogens (tertiary/aromatic N) is 1. The van der Waals surface area contributed by atoms with Gasteiger partial charge in [-0.15, -0.1) is 0 Å². The minimum atomic E-state index is 0. The third-order valence-corrected chi connectivity index (χ3v) is 1.15. The summed E-state index contributed by atoms with van der Waals surface area (Å²) in [4.78, 5) is 0. The largest absolute Gasteiger partial charge is 0.255 e. The third kappa shape index (κ3) is 6.81. The molecule has 0 aliphatic carbocycles. The van der Waals surface area contributed by atoms with Crippen LogP contribution in [0.25, 0.3) is 0 Å².